The van der Waals surface area contributed by atoms with E-state index in [9.17, 15) is 4.79 Å². The lowest BCUT2D eigenvalue weighted by molar-refractivity contribution is 0.188. The highest BCUT2D eigenvalue weighted by molar-refractivity contribution is 5.74. The van der Waals surface area contributed by atoms with Gasteiger partial charge in [-0.05, 0) is 39.2 Å². The van der Waals surface area contributed by atoms with Gasteiger partial charge in [0.25, 0.3) is 0 Å². The number of nitrogens with zero attached hydrogens (tertiary/aromatic N) is 4. The van der Waals surface area contributed by atoms with Gasteiger partial charge < -0.3 is 14.8 Å². The molecule has 1 aromatic rings. The van der Waals surface area contributed by atoms with Crippen LogP contribution in [0.4, 0.5) is 4.79 Å². The Labute approximate surface area is 144 Å². The van der Waals surface area contributed by atoms with Crippen LogP contribution in [0.3, 0.4) is 0 Å². The van der Waals surface area contributed by atoms with Crippen molar-refractivity contribution >= 4 is 6.03 Å². The third-order valence-electron chi connectivity index (χ3n) is 6.05. The molecule has 2 bridgehead atoms. The zero-order chi connectivity index (χ0) is 16.5. The molecule has 2 amide bonds. The number of carbonyl (C=O) groups excluding carboxylic acids is 1. The number of aryl methyl sites for hydroxylation is 2. The molecule has 4 rings (SSSR count). The highest BCUT2D eigenvalue weighted by atomic mass is 16.2. The summed E-state index contributed by atoms with van der Waals surface area (Å²) in [6.45, 7) is 3.53. The number of aromatic nitrogens is 2. The maximum absolute atomic E-state index is 12.5. The van der Waals surface area contributed by atoms with Crippen LogP contribution < -0.4 is 5.32 Å². The van der Waals surface area contributed by atoms with Crippen LogP contribution in [0.25, 0.3) is 0 Å². The number of carbonyl (C=O) groups is 1. The smallest absolute Gasteiger partial charge is 0.317 e. The summed E-state index contributed by atoms with van der Waals surface area (Å²) in [6, 6.07) is 1.31. The Bertz CT molecular complexity index is 575. The van der Waals surface area contributed by atoms with Crippen molar-refractivity contribution in [3.63, 3.8) is 0 Å². The maximum Gasteiger partial charge on any atom is 0.317 e. The van der Waals surface area contributed by atoms with E-state index in [-0.39, 0.29) is 6.03 Å². The summed E-state index contributed by atoms with van der Waals surface area (Å²) >= 11 is 0. The van der Waals surface area contributed by atoms with Crippen LogP contribution in [0.2, 0.25) is 0 Å². The molecule has 0 aromatic carbocycles. The van der Waals surface area contributed by atoms with Gasteiger partial charge in [0.15, 0.2) is 0 Å². The normalized spacial score (nSPS) is 27.0. The van der Waals surface area contributed by atoms with E-state index in [2.05, 4.69) is 28.0 Å². The Morgan fingerprint density at radius 3 is 3.00 bits per heavy atom. The molecule has 4 heterocycles. The summed E-state index contributed by atoms with van der Waals surface area (Å²) in [4.78, 5) is 21.7. The number of rotatable bonds is 3. The van der Waals surface area contributed by atoms with Gasteiger partial charge in [0.1, 0.15) is 5.82 Å². The summed E-state index contributed by atoms with van der Waals surface area (Å²) < 4.78 is 2.28. The summed E-state index contributed by atoms with van der Waals surface area (Å²) in [5.41, 5.74) is 1.11. The highest BCUT2D eigenvalue weighted by Gasteiger charge is 2.35. The van der Waals surface area contributed by atoms with E-state index < -0.39 is 0 Å². The largest absolute Gasteiger partial charge is 0.338 e. The monoisotopic (exact) mass is 331 g/mol. The van der Waals surface area contributed by atoms with Gasteiger partial charge in [0.05, 0.1) is 5.69 Å². The lowest BCUT2D eigenvalue weighted by Crippen LogP contribution is -2.45. The lowest BCUT2D eigenvalue weighted by atomic mass is 10.1. The van der Waals surface area contributed by atoms with E-state index in [1.807, 2.05) is 4.90 Å². The van der Waals surface area contributed by atoms with Crippen molar-refractivity contribution < 1.29 is 4.79 Å². The molecule has 0 aliphatic carbocycles. The molecular weight excluding hydrogens is 302 g/mol. The summed E-state index contributed by atoms with van der Waals surface area (Å²) in [6.07, 6.45) is 10.2. The van der Waals surface area contributed by atoms with Gasteiger partial charge in [-0.25, -0.2) is 9.78 Å². The van der Waals surface area contributed by atoms with Gasteiger partial charge in [0.2, 0.25) is 0 Å². The second kappa shape index (κ2) is 6.75. The molecule has 2 fully saturated rings. The molecule has 6 nitrogen and oxygen atoms in total. The minimum absolute atomic E-state index is 0.0972. The van der Waals surface area contributed by atoms with E-state index in [0.29, 0.717) is 18.6 Å². The molecule has 0 saturated carbocycles. The zero-order valence-corrected chi connectivity index (χ0v) is 14.7. The van der Waals surface area contributed by atoms with E-state index in [1.54, 1.807) is 0 Å². The number of fused-ring (bicyclic) bond motifs is 3. The molecule has 3 aliphatic rings. The van der Waals surface area contributed by atoms with Crippen LogP contribution in [0.5, 0.6) is 0 Å². The predicted molar refractivity (Wildman–Crippen MR) is 93.0 cm³/mol. The number of likely N-dealkylation sites (tertiary alicyclic amines) is 1. The first-order valence-electron chi connectivity index (χ1n) is 9.50. The second-order valence-corrected chi connectivity index (χ2v) is 7.57. The van der Waals surface area contributed by atoms with Crippen LogP contribution >= 0.6 is 0 Å². The van der Waals surface area contributed by atoms with Crippen LogP contribution in [0, 0.1) is 0 Å². The Morgan fingerprint density at radius 2 is 2.12 bits per heavy atom. The van der Waals surface area contributed by atoms with Crippen molar-refractivity contribution in [2.24, 2.45) is 0 Å². The third kappa shape index (κ3) is 3.16. The molecule has 2 saturated heterocycles. The van der Waals surface area contributed by atoms with Crippen molar-refractivity contribution in [1.82, 2.24) is 24.7 Å². The fourth-order valence-corrected chi connectivity index (χ4v) is 4.49. The maximum atomic E-state index is 12.5. The molecule has 6 heteroatoms. The molecule has 0 spiro atoms. The fraction of sp³-hybridized carbons (Fsp3) is 0.778. The molecule has 1 N–H and O–H groups in total. The molecule has 2 atom stereocenters. The van der Waals surface area contributed by atoms with Crippen LogP contribution in [-0.2, 0) is 19.4 Å². The minimum Gasteiger partial charge on any atom is -0.338 e. The van der Waals surface area contributed by atoms with Gasteiger partial charge in [-0.2, -0.15) is 0 Å². The Balaban J connectivity index is 1.27. The highest BCUT2D eigenvalue weighted by Crippen LogP contribution is 2.28. The first-order valence-corrected chi connectivity index (χ1v) is 9.50. The quantitative estimate of drug-likeness (QED) is 0.916. The first kappa shape index (κ1) is 15.9. The van der Waals surface area contributed by atoms with Crippen molar-refractivity contribution in [1.29, 1.82) is 0 Å². The van der Waals surface area contributed by atoms with Crippen LogP contribution in [0.15, 0.2) is 6.20 Å². The number of hydrogen-bond acceptors (Lipinski definition) is 3. The van der Waals surface area contributed by atoms with Gasteiger partial charge in [-0.1, -0.05) is 0 Å². The van der Waals surface area contributed by atoms with Crippen molar-refractivity contribution in [2.75, 3.05) is 26.7 Å². The first-order chi connectivity index (χ1) is 11.7. The number of imidazole rings is 1. The topological polar surface area (TPSA) is 53.4 Å². The number of amides is 2. The summed E-state index contributed by atoms with van der Waals surface area (Å²) in [5.74, 6) is 1.22. The Hall–Kier alpha value is -1.56. The Morgan fingerprint density at radius 1 is 1.25 bits per heavy atom. The fourth-order valence-electron chi connectivity index (χ4n) is 4.49. The minimum atomic E-state index is 0.0972. The number of hydrogen-bond donors (Lipinski definition) is 1. The molecule has 0 unspecified atom stereocenters. The van der Waals surface area contributed by atoms with Gasteiger partial charge in [-0.15, -0.1) is 0 Å². The predicted octanol–water partition coefficient (Wildman–Crippen LogP) is 1.64. The standard InChI is InChI=1S/C18H29N5O/c1-21-15-5-6-16(21)13-23(11-8-15)18(24)19-9-7-14-12-22-10-3-2-4-17(22)20-14/h12,15-16H,2-11,13H2,1H3,(H,19,24)/t15-,16-/m0/s1. The zero-order valence-electron chi connectivity index (χ0n) is 14.7. The molecule has 0 radical (unpaired) electrons. The SMILES string of the molecule is CN1[C@H]2CC[C@H]1CN(C(=O)NCCc1cn3c(n1)CCCC3)CC2. The molecule has 132 valence electrons. The van der Waals surface area contributed by atoms with Crippen molar-refractivity contribution in [2.45, 2.75) is 63.6 Å². The van der Waals surface area contributed by atoms with E-state index in [4.69, 9.17) is 4.98 Å². The van der Waals surface area contributed by atoms with Gasteiger partial charge in [-0.3, -0.25) is 4.90 Å². The second-order valence-electron chi connectivity index (χ2n) is 7.57. The number of nitrogens with one attached hydrogen (secondary N) is 1. The van der Waals surface area contributed by atoms with Crippen molar-refractivity contribution in [3.05, 3.63) is 17.7 Å². The molecule has 3 aliphatic heterocycles. The van der Waals surface area contributed by atoms with Crippen LogP contribution in [0.1, 0.15) is 43.6 Å². The van der Waals surface area contributed by atoms with Crippen molar-refractivity contribution in [3.8, 4) is 0 Å². The van der Waals surface area contributed by atoms with E-state index in [0.717, 1.165) is 44.6 Å². The molecule has 24 heavy (non-hydrogen) atoms. The molecule has 1 aromatic heterocycles. The lowest BCUT2D eigenvalue weighted by Gasteiger charge is -2.26. The number of urea groups is 1. The average molecular weight is 331 g/mol. The third-order valence-corrected chi connectivity index (χ3v) is 6.05. The molecular formula is C18H29N5O. The average Bonchev–Trinajstić information content (AvgIpc) is 3.07. The van der Waals surface area contributed by atoms with Gasteiger partial charge >= 0.3 is 6.03 Å². The summed E-state index contributed by atoms with van der Waals surface area (Å²) in [7, 11) is 2.21. The van der Waals surface area contributed by atoms with Crippen LogP contribution in [-0.4, -0.2) is 64.1 Å². The van der Waals surface area contributed by atoms with Gasteiger partial charge in [0, 0.05) is 57.3 Å². The summed E-state index contributed by atoms with van der Waals surface area (Å²) in [5, 5.41) is 3.10. The van der Waals surface area contributed by atoms with E-state index in [1.165, 1.54) is 31.5 Å². The Kier molecular flexibility index (Phi) is 4.48. The van der Waals surface area contributed by atoms with E-state index >= 15 is 0 Å². The number of likely N-dealkylation sites (N-methyl/N-ethyl adjacent to an activating group) is 1.